The predicted molar refractivity (Wildman–Crippen MR) is 110 cm³/mol. The molecule has 0 unspecified atom stereocenters. The van der Waals surface area contributed by atoms with E-state index in [1.54, 1.807) is 54.6 Å². The average Bonchev–Trinajstić information content (AvgIpc) is 2.68. The molecule has 9 heteroatoms. The van der Waals surface area contributed by atoms with Gasteiger partial charge in [0.15, 0.2) is 5.78 Å². The summed E-state index contributed by atoms with van der Waals surface area (Å²) >= 11 is 10.0. The van der Waals surface area contributed by atoms with Gasteiger partial charge in [0.2, 0.25) is 10.0 Å². The van der Waals surface area contributed by atoms with Crippen LogP contribution in [0.15, 0.2) is 60.7 Å². The number of halogens is 2. The number of hydrogen-bond acceptors (Lipinski definition) is 4. The maximum Gasteiger partial charge on any atom is 0.322 e. The van der Waals surface area contributed by atoms with Crippen molar-refractivity contribution in [3.63, 3.8) is 0 Å². The predicted octanol–water partition coefficient (Wildman–Crippen LogP) is 2.84. The number of nitrogens with one attached hydrogen (secondary N) is 1. The first-order chi connectivity index (χ1) is 13.3. The van der Waals surface area contributed by atoms with Crippen molar-refractivity contribution in [2.45, 2.75) is 18.2 Å². The fourth-order valence-corrected chi connectivity index (χ4v) is 3.73. The van der Waals surface area contributed by atoms with E-state index in [-0.39, 0.29) is 29.7 Å². The maximum atomic E-state index is 12.1. The van der Waals surface area contributed by atoms with Crippen molar-refractivity contribution >= 4 is 45.0 Å². The number of carboxylic acids is 1. The van der Waals surface area contributed by atoms with Gasteiger partial charge in [-0.2, -0.15) is 0 Å². The lowest BCUT2D eigenvalue weighted by Crippen LogP contribution is -2.42. The highest BCUT2D eigenvalue weighted by Crippen LogP contribution is 2.08. The van der Waals surface area contributed by atoms with Crippen LogP contribution in [0, 0.1) is 0 Å². The second-order valence-corrected chi connectivity index (χ2v) is 8.04. The number of aliphatic carboxylic acids is 1. The molecular weight excluding hydrogens is 425 g/mol. The van der Waals surface area contributed by atoms with E-state index in [0.717, 1.165) is 5.56 Å². The summed E-state index contributed by atoms with van der Waals surface area (Å²) in [5, 5.41) is 9.24. The molecule has 0 saturated carbocycles. The standard InChI is InChI=1S/C16H17NO4S.C3H4Cl2O/c18-16(19)15(11-13-7-3-1-4-8-13)17-22(20,21)12-14-9-5-2-6-10-14;4-1-3(6)2-5/h1-10,15,17H,11-12H2,(H,18,19);1-2H2/t15-;/m0./s1. The number of carbonyl (C=O) groups is 2. The highest BCUT2D eigenvalue weighted by atomic mass is 35.5. The van der Waals surface area contributed by atoms with E-state index < -0.39 is 22.0 Å². The number of carbonyl (C=O) groups excluding carboxylic acids is 1. The Morgan fingerprint density at radius 3 is 1.75 bits per heavy atom. The molecule has 2 aromatic carbocycles. The number of rotatable bonds is 9. The number of alkyl halides is 2. The third-order valence-electron chi connectivity index (χ3n) is 3.40. The molecule has 0 aromatic heterocycles. The van der Waals surface area contributed by atoms with Gasteiger partial charge < -0.3 is 5.11 Å². The number of hydrogen-bond donors (Lipinski definition) is 2. The van der Waals surface area contributed by atoms with E-state index in [9.17, 15) is 23.1 Å². The first kappa shape index (κ1) is 24.1. The molecule has 0 saturated heterocycles. The second kappa shape index (κ2) is 12.5. The molecule has 6 nitrogen and oxygen atoms in total. The second-order valence-electron chi connectivity index (χ2n) is 5.75. The first-order valence-electron chi connectivity index (χ1n) is 8.21. The lowest BCUT2D eigenvalue weighted by Gasteiger charge is -2.15. The highest BCUT2D eigenvalue weighted by molar-refractivity contribution is 7.88. The molecule has 2 N–H and O–H groups in total. The number of carboxylic acid groups (broad SMARTS) is 1. The van der Waals surface area contributed by atoms with E-state index in [0.29, 0.717) is 5.56 Å². The molecule has 0 aliphatic heterocycles. The van der Waals surface area contributed by atoms with Crippen molar-refractivity contribution in [2.24, 2.45) is 0 Å². The first-order valence-corrected chi connectivity index (χ1v) is 10.9. The Morgan fingerprint density at radius 1 is 0.893 bits per heavy atom. The fourth-order valence-electron chi connectivity index (χ4n) is 2.12. The zero-order chi connectivity index (χ0) is 21.0. The van der Waals surface area contributed by atoms with Crippen LogP contribution in [0.3, 0.4) is 0 Å². The summed E-state index contributed by atoms with van der Waals surface area (Å²) in [5.41, 5.74) is 1.37. The topological polar surface area (TPSA) is 101 Å². The quantitative estimate of drug-likeness (QED) is 0.577. The summed E-state index contributed by atoms with van der Waals surface area (Å²) in [4.78, 5) is 21.2. The van der Waals surface area contributed by atoms with Gasteiger partial charge in [-0.15, -0.1) is 23.2 Å². The molecule has 0 heterocycles. The molecule has 0 bridgehead atoms. The Kier molecular flexibility index (Phi) is 10.8. The Labute approximate surface area is 174 Å². The molecule has 1 atom stereocenters. The average molecular weight is 446 g/mol. The van der Waals surface area contributed by atoms with Crippen LogP contribution in [0.1, 0.15) is 11.1 Å². The largest absolute Gasteiger partial charge is 0.480 e. The highest BCUT2D eigenvalue weighted by Gasteiger charge is 2.24. The van der Waals surface area contributed by atoms with E-state index in [4.69, 9.17) is 23.2 Å². The molecule has 0 fully saturated rings. The lowest BCUT2D eigenvalue weighted by molar-refractivity contribution is -0.138. The molecule has 0 spiro atoms. The molecule has 0 amide bonds. The number of sulfonamides is 1. The van der Waals surface area contributed by atoms with Crippen LogP contribution in [0.4, 0.5) is 0 Å². The monoisotopic (exact) mass is 445 g/mol. The van der Waals surface area contributed by atoms with Gasteiger partial charge in [0.25, 0.3) is 0 Å². The Bertz CT molecular complexity index is 839. The van der Waals surface area contributed by atoms with Crippen LogP contribution >= 0.6 is 23.2 Å². The van der Waals surface area contributed by atoms with Crippen LogP contribution in [0.2, 0.25) is 0 Å². The third kappa shape index (κ3) is 9.85. The molecule has 0 aliphatic rings. The van der Waals surface area contributed by atoms with E-state index in [1.807, 2.05) is 6.07 Å². The molecule has 28 heavy (non-hydrogen) atoms. The summed E-state index contributed by atoms with van der Waals surface area (Å²) in [6.45, 7) is 0. The van der Waals surface area contributed by atoms with Crippen molar-refractivity contribution < 1.29 is 23.1 Å². The van der Waals surface area contributed by atoms with Crippen molar-refractivity contribution in [1.29, 1.82) is 0 Å². The van der Waals surface area contributed by atoms with Crippen LogP contribution in [-0.4, -0.2) is 43.1 Å². The van der Waals surface area contributed by atoms with Crippen LogP contribution in [0.25, 0.3) is 0 Å². The lowest BCUT2D eigenvalue weighted by atomic mass is 10.1. The van der Waals surface area contributed by atoms with Crippen molar-refractivity contribution in [3.8, 4) is 0 Å². The van der Waals surface area contributed by atoms with Gasteiger partial charge >= 0.3 is 5.97 Å². The van der Waals surface area contributed by atoms with Crippen LogP contribution in [0.5, 0.6) is 0 Å². The van der Waals surface area contributed by atoms with Gasteiger partial charge in [-0.25, -0.2) is 13.1 Å². The Hall–Kier alpha value is -1.93. The minimum Gasteiger partial charge on any atom is -0.480 e. The molecule has 152 valence electrons. The number of ketones is 1. The Balaban J connectivity index is 0.000000568. The van der Waals surface area contributed by atoms with Crippen LogP contribution < -0.4 is 4.72 Å². The summed E-state index contributed by atoms with van der Waals surface area (Å²) in [5.74, 6) is -1.50. The van der Waals surface area contributed by atoms with Gasteiger partial charge in [-0.05, 0) is 17.5 Å². The summed E-state index contributed by atoms with van der Waals surface area (Å²) < 4.78 is 26.5. The van der Waals surface area contributed by atoms with E-state index in [2.05, 4.69) is 4.72 Å². The van der Waals surface area contributed by atoms with Crippen molar-refractivity contribution in [2.75, 3.05) is 11.8 Å². The fraction of sp³-hybridized carbons (Fsp3) is 0.263. The molecular formula is C19H21Cl2NO5S. The van der Waals surface area contributed by atoms with E-state index in [1.165, 1.54) is 0 Å². The SMILES string of the molecule is O=C(CCl)CCl.O=C(O)[C@H](Cc1ccccc1)NS(=O)(=O)Cc1ccccc1. The normalized spacial score (nSPS) is 11.8. The molecule has 2 aromatic rings. The number of benzene rings is 2. The maximum absolute atomic E-state index is 12.1. The summed E-state index contributed by atoms with van der Waals surface area (Å²) in [6.07, 6.45) is 0.101. The Morgan fingerprint density at radius 2 is 1.36 bits per heavy atom. The van der Waals surface area contributed by atoms with Crippen molar-refractivity contribution in [3.05, 3.63) is 71.8 Å². The van der Waals surface area contributed by atoms with Gasteiger partial charge in [0, 0.05) is 0 Å². The van der Waals surface area contributed by atoms with Crippen LogP contribution in [-0.2, 0) is 31.8 Å². The molecule has 0 aliphatic carbocycles. The summed E-state index contributed by atoms with van der Waals surface area (Å²) in [6, 6.07) is 16.4. The summed E-state index contributed by atoms with van der Waals surface area (Å²) in [7, 11) is -3.73. The van der Waals surface area contributed by atoms with Gasteiger partial charge in [0.05, 0.1) is 17.5 Å². The number of Topliss-reactive ketones (excluding diaryl/α,β-unsaturated/α-hetero) is 1. The third-order valence-corrected chi connectivity index (χ3v) is 5.35. The minimum absolute atomic E-state index is 0.0312. The molecule has 0 radical (unpaired) electrons. The molecule has 2 rings (SSSR count). The smallest absolute Gasteiger partial charge is 0.322 e. The van der Waals surface area contributed by atoms with E-state index >= 15 is 0 Å². The van der Waals surface area contributed by atoms with Gasteiger partial charge in [-0.1, -0.05) is 60.7 Å². The zero-order valence-electron chi connectivity index (χ0n) is 14.9. The minimum atomic E-state index is -3.73. The van der Waals surface area contributed by atoms with Crippen molar-refractivity contribution in [1.82, 2.24) is 4.72 Å². The van der Waals surface area contributed by atoms with Gasteiger partial charge in [-0.3, -0.25) is 9.59 Å². The zero-order valence-corrected chi connectivity index (χ0v) is 17.3. The van der Waals surface area contributed by atoms with Gasteiger partial charge in [0.1, 0.15) is 6.04 Å².